The highest BCUT2D eigenvalue weighted by Gasteiger charge is 2.23. The summed E-state index contributed by atoms with van der Waals surface area (Å²) in [4.78, 5) is 43.0. The lowest BCUT2D eigenvalue weighted by Gasteiger charge is -2.18. The van der Waals surface area contributed by atoms with Gasteiger partial charge in [-0.1, -0.05) is 223 Å². The minimum Gasteiger partial charge on any atom is -0.462 e. The molecule has 0 saturated heterocycles. The van der Waals surface area contributed by atoms with E-state index in [1.54, 1.807) is 0 Å². The molecular formula is C51H93O8P. The fourth-order valence-electron chi connectivity index (χ4n) is 7.12. The molecule has 1 atom stereocenters. The SMILES string of the molecule is CCCCC/C=C/C/C=C/C/C=C/C/C=C/CCCCCC(=O)OC[C@H](COP(=O)(O)O)OC(=O)CCCCCCCCCCCCCCCCCCCCCCCCC. The van der Waals surface area contributed by atoms with Gasteiger partial charge in [-0.3, -0.25) is 14.1 Å². The number of rotatable bonds is 46. The molecule has 0 aromatic rings. The number of hydrogen-bond acceptors (Lipinski definition) is 6. The summed E-state index contributed by atoms with van der Waals surface area (Å²) in [6.45, 7) is 3.67. The van der Waals surface area contributed by atoms with E-state index in [1.807, 2.05) is 0 Å². The third-order valence-electron chi connectivity index (χ3n) is 10.9. The molecule has 2 N–H and O–H groups in total. The highest BCUT2D eigenvalue weighted by molar-refractivity contribution is 7.46. The van der Waals surface area contributed by atoms with Crippen molar-refractivity contribution in [3.8, 4) is 0 Å². The summed E-state index contributed by atoms with van der Waals surface area (Å²) in [6.07, 6.45) is 58.4. The van der Waals surface area contributed by atoms with E-state index in [4.69, 9.17) is 19.3 Å². The van der Waals surface area contributed by atoms with E-state index < -0.39 is 32.5 Å². The molecule has 0 aromatic heterocycles. The van der Waals surface area contributed by atoms with Gasteiger partial charge in [0.25, 0.3) is 0 Å². The zero-order valence-corrected chi connectivity index (χ0v) is 39.8. The summed E-state index contributed by atoms with van der Waals surface area (Å²) in [6, 6.07) is 0. The molecular weight excluding hydrogens is 772 g/mol. The van der Waals surface area contributed by atoms with Crippen molar-refractivity contribution in [2.24, 2.45) is 0 Å². The van der Waals surface area contributed by atoms with Crippen LogP contribution in [0.3, 0.4) is 0 Å². The number of unbranched alkanes of at least 4 members (excludes halogenated alkanes) is 28. The van der Waals surface area contributed by atoms with Gasteiger partial charge in [-0.15, -0.1) is 0 Å². The van der Waals surface area contributed by atoms with Gasteiger partial charge in [-0.05, 0) is 57.8 Å². The molecule has 0 radical (unpaired) electrons. The van der Waals surface area contributed by atoms with Crippen LogP contribution in [0.2, 0.25) is 0 Å². The van der Waals surface area contributed by atoms with Crippen LogP contribution in [0.1, 0.15) is 245 Å². The summed E-state index contributed by atoms with van der Waals surface area (Å²) in [5, 5.41) is 0. The van der Waals surface area contributed by atoms with E-state index in [0.717, 1.165) is 57.8 Å². The number of allylic oxidation sites excluding steroid dienone is 8. The third kappa shape index (κ3) is 48.7. The second-order valence-electron chi connectivity index (χ2n) is 16.8. The number of carbonyl (C=O) groups excluding carboxylic acids is 2. The molecule has 0 heterocycles. The van der Waals surface area contributed by atoms with Crippen molar-refractivity contribution >= 4 is 19.8 Å². The van der Waals surface area contributed by atoms with Crippen molar-refractivity contribution in [1.29, 1.82) is 0 Å². The predicted octanol–water partition coefficient (Wildman–Crippen LogP) is 15.9. The van der Waals surface area contributed by atoms with Crippen LogP contribution in [0, 0.1) is 0 Å². The van der Waals surface area contributed by atoms with Gasteiger partial charge in [0, 0.05) is 12.8 Å². The molecule has 0 rings (SSSR count). The largest absolute Gasteiger partial charge is 0.469 e. The number of esters is 2. The van der Waals surface area contributed by atoms with E-state index in [1.165, 1.54) is 148 Å². The maximum atomic E-state index is 12.5. The first-order valence-electron chi connectivity index (χ1n) is 24.9. The first-order chi connectivity index (χ1) is 29.3. The van der Waals surface area contributed by atoms with E-state index in [-0.39, 0.29) is 19.4 Å². The van der Waals surface area contributed by atoms with Crippen molar-refractivity contribution in [2.45, 2.75) is 251 Å². The van der Waals surface area contributed by atoms with Crippen LogP contribution in [-0.2, 0) is 28.2 Å². The average Bonchev–Trinajstić information content (AvgIpc) is 3.22. The van der Waals surface area contributed by atoms with Gasteiger partial charge < -0.3 is 19.3 Å². The topological polar surface area (TPSA) is 119 Å². The number of ether oxygens (including phenoxy) is 2. The molecule has 9 heteroatoms. The van der Waals surface area contributed by atoms with Gasteiger partial charge in [-0.2, -0.15) is 0 Å². The van der Waals surface area contributed by atoms with Gasteiger partial charge >= 0.3 is 19.8 Å². The molecule has 0 fully saturated rings. The highest BCUT2D eigenvalue weighted by atomic mass is 31.2. The predicted molar refractivity (Wildman–Crippen MR) is 253 cm³/mol. The second-order valence-corrected chi connectivity index (χ2v) is 18.0. The molecule has 0 bridgehead atoms. The van der Waals surface area contributed by atoms with E-state index in [2.05, 4.69) is 67.0 Å². The quantitative estimate of drug-likeness (QED) is 0.0269. The van der Waals surface area contributed by atoms with Crippen LogP contribution in [0.5, 0.6) is 0 Å². The maximum Gasteiger partial charge on any atom is 0.469 e. The fraction of sp³-hybridized carbons (Fsp3) is 0.804. The first kappa shape index (κ1) is 58.0. The van der Waals surface area contributed by atoms with Crippen LogP contribution in [0.4, 0.5) is 0 Å². The molecule has 8 nitrogen and oxygen atoms in total. The molecule has 60 heavy (non-hydrogen) atoms. The van der Waals surface area contributed by atoms with Gasteiger partial charge in [0.2, 0.25) is 0 Å². The van der Waals surface area contributed by atoms with Crippen molar-refractivity contribution < 1.29 is 37.9 Å². The zero-order valence-electron chi connectivity index (χ0n) is 38.9. The van der Waals surface area contributed by atoms with Gasteiger partial charge in [0.15, 0.2) is 6.10 Å². The van der Waals surface area contributed by atoms with E-state index in [0.29, 0.717) is 12.8 Å². The number of carbonyl (C=O) groups is 2. The standard InChI is InChI=1S/C51H93O8P/c1-3-5-7-9-11-13-15-17-19-21-23-24-25-26-28-30-32-34-36-38-40-42-44-46-51(53)59-49(48-58-60(54,55)56)47-57-50(52)45-43-41-39-37-35-33-31-29-27-22-20-18-16-14-12-10-8-6-4-2/h12,14,18,20,27,29,33,35,49H,3-11,13,15-17,19,21-26,28,30-32,34,36-48H2,1-2H3,(H2,54,55,56)/b14-12+,20-18+,29-27+,35-33+/t49-/m1/s1. The molecule has 0 amide bonds. The summed E-state index contributed by atoms with van der Waals surface area (Å²) >= 11 is 0. The Kier molecular flexibility index (Phi) is 45.0. The Morgan fingerprint density at radius 3 is 1.15 bits per heavy atom. The molecule has 0 aromatic carbocycles. The molecule has 0 spiro atoms. The molecule has 0 aliphatic carbocycles. The van der Waals surface area contributed by atoms with Crippen molar-refractivity contribution in [1.82, 2.24) is 0 Å². The van der Waals surface area contributed by atoms with Crippen LogP contribution >= 0.6 is 7.82 Å². The highest BCUT2D eigenvalue weighted by Crippen LogP contribution is 2.36. The first-order valence-corrected chi connectivity index (χ1v) is 26.5. The normalized spacial score (nSPS) is 12.8. The average molecular weight is 865 g/mol. The maximum absolute atomic E-state index is 12.5. The van der Waals surface area contributed by atoms with Crippen LogP contribution in [0.15, 0.2) is 48.6 Å². The Bertz CT molecular complexity index is 1110. The lowest BCUT2D eigenvalue weighted by Crippen LogP contribution is -2.29. The number of phosphoric acid groups is 1. The summed E-state index contributed by atoms with van der Waals surface area (Å²) < 4.78 is 26.5. The number of hydrogen-bond donors (Lipinski definition) is 2. The molecule has 350 valence electrons. The number of phosphoric ester groups is 1. The Hall–Kier alpha value is -1.99. The van der Waals surface area contributed by atoms with Crippen LogP contribution in [-0.4, -0.2) is 41.0 Å². The Labute approximate surface area is 369 Å². The van der Waals surface area contributed by atoms with Crippen molar-refractivity contribution in [2.75, 3.05) is 13.2 Å². The van der Waals surface area contributed by atoms with Crippen molar-refractivity contribution in [3.05, 3.63) is 48.6 Å². The van der Waals surface area contributed by atoms with Crippen molar-refractivity contribution in [3.63, 3.8) is 0 Å². The van der Waals surface area contributed by atoms with Gasteiger partial charge in [0.1, 0.15) is 6.61 Å². The fourth-order valence-corrected chi connectivity index (χ4v) is 7.48. The van der Waals surface area contributed by atoms with Gasteiger partial charge in [0.05, 0.1) is 6.61 Å². The minimum atomic E-state index is -4.77. The lowest BCUT2D eigenvalue weighted by molar-refractivity contribution is -0.161. The van der Waals surface area contributed by atoms with Crippen LogP contribution in [0.25, 0.3) is 0 Å². The minimum absolute atomic E-state index is 0.207. The van der Waals surface area contributed by atoms with Crippen LogP contribution < -0.4 is 0 Å². The summed E-state index contributed by atoms with van der Waals surface area (Å²) in [5.41, 5.74) is 0. The Morgan fingerprint density at radius 2 is 0.750 bits per heavy atom. The van der Waals surface area contributed by atoms with E-state index >= 15 is 0 Å². The molecule has 0 saturated carbocycles. The molecule has 0 unspecified atom stereocenters. The summed E-state index contributed by atoms with van der Waals surface area (Å²) in [7, 11) is -4.77. The second kappa shape index (κ2) is 46.5. The Morgan fingerprint density at radius 1 is 0.433 bits per heavy atom. The molecule has 0 aliphatic heterocycles. The van der Waals surface area contributed by atoms with E-state index in [9.17, 15) is 14.2 Å². The third-order valence-corrected chi connectivity index (χ3v) is 11.3. The lowest BCUT2D eigenvalue weighted by atomic mass is 10.0. The molecule has 0 aliphatic rings. The summed E-state index contributed by atoms with van der Waals surface area (Å²) in [5.74, 6) is -0.912. The monoisotopic (exact) mass is 865 g/mol. The Balaban J connectivity index is 3.86. The van der Waals surface area contributed by atoms with Gasteiger partial charge in [-0.25, -0.2) is 4.57 Å². The smallest absolute Gasteiger partial charge is 0.462 e. The zero-order chi connectivity index (χ0) is 43.9.